The zero-order valence-corrected chi connectivity index (χ0v) is 13.4. The Labute approximate surface area is 119 Å². The third-order valence-corrected chi connectivity index (χ3v) is 6.08. The highest BCUT2D eigenvalue weighted by Gasteiger charge is 2.32. The summed E-state index contributed by atoms with van der Waals surface area (Å²) in [7, 11) is -1.08. The van der Waals surface area contributed by atoms with E-state index in [2.05, 4.69) is 20.7 Å². The Morgan fingerprint density at radius 2 is 2.22 bits per heavy atom. The topological polar surface area (TPSA) is 63.7 Å². The summed E-state index contributed by atoms with van der Waals surface area (Å²) in [5.74, 6) is -0.756. The molecule has 0 saturated carbocycles. The van der Waals surface area contributed by atoms with E-state index in [1.54, 1.807) is 0 Å². The molecule has 0 aliphatic carbocycles. The Bertz CT molecular complexity index is 526. The van der Waals surface area contributed by atoms with Crippen molar-refractivity contribution in [2.24, 2.45) is 0 Å². The van der Waals surface area contributed by atoms with Crippen LogP contribution in [-0.2, 0) is 26.1 Å². The van der Waals surface area contributed by atoms with E-state index in [9.17, 15) is 13.2 Å². The Hall–Kier alpha value is -0.440. The lowest BCUT2D eigenvalue weighted by molar-refractivity contribution is -0.139. The van der Waals surface area contributed by atoms with Gasteiger partial charge in [0.2, 0.25) is 10.0 Å². The van der Waals surface area contributed by atoms with Crippen molar-refractivity contribution in [2.75, 3.05) is 14.2 Å². The van der Waals surface area contributed by atoms with Crippen molar-refractivity contribution in [2.45, 2.75) is 18.7 Å². The minimum absolute atomic E-state index is 0.228. The summed E-state index contributed by atoms with van der Waals surface area (Å²) in [6, 6.07) is 1.85. The van der Waals surface area contributed by atoms with Crippen LogP contribution in [0.2, 0.25) is 0 Å². The van der Waals surface area contributed by atoms with Crippen LogP contribution in [0, 0.1) is 0 Å². The first-order valence-electron chi connectivity index (χ1n) is 5.05. The summed E-state index contributed by atoms with van der Waals surface area (Å²) in [5.41, 5.74) is 0.870. The van der Waals surface area contributed by atoms with E-state index < -0.39 is 21.2 Å². The molecule has 102 valence electrons. The molecule has 1 aromatic rings. The normalized spacial score (nSPS) is 13.6. The van der Waals surface area contributed by atoms with Crippen molar-refractivity contribution in [1.82, 2.24) is 4.31 Å². The molecule has 0 aliphatic rings. The maximum absolute atomic E-state index is 12.1. The van der Waals surface area contributed by atoms with Gasteiger partial charge in [-0.05, 0) is 39.9 Å². The molecule has 5 nitrogen and oxygen atoms in total. The van der Waals surface area contributed by atoms with Gasteiger partial charge in [-0.2, -0.15) is 4.31 Å². The van der Waals surface area contributed by atoms with E-state index in [0.717, 1.165) is 13.7 Å². The molecule has 0 aromatic carbocycles. The molecule has 0 aliphatic heterocycles. The van der Waals surface area contributed by atoms with Gasteiger partial charge in [-0.15, -0.1) is 11.3 Å². The van der Waals surface area contributed by atoms with Crippen LogP contribution in [0.4, 0.5) is 0 Å². The molecular weight excluding hydrogens is 342 g/mol. The van der Waals surface area contributed by atoms with Crippen LogP contribution < -0.4 is 0 Å². The Morgan fingerprint density at radius 1 is 1.61 bits per heavy atom. The number of nitrogens with zero attached hydrogens (tertiary/aromatic N) is 1. The number of rotatable bonds is 5. The Kier molecular flexibility index (Phi) is 5.32. The van der Waals surface area contributed by atoms with Crippen LogP contribution in [-0.4, -0.2) is 38.1 Å². The SMILES string of the molecule is COC(=O)C(C)S(=O)(=O)N(C)Cc1csc(Br)c1. The number of hydrogen-bond donors (Lipinski definition) is 0. The number of hydrogen-bond acceptors (Lipinski definition) is 5. The molecule has 0 saturated heterocycles. The summed E-state index contributed by atoms with van der Waals surface area (Å²) in [4.78, 5) is 11.3. The predicted molar refractivity (Wildman–Crippen MR) is 73.9 cm³/mol. The molecular formula is C10H14BrNO4S2. The number of ether oxygens (including phenoxy) is 1. The molecule has 8 heteroatoms. The minimum atomic E-state index is -3.69. The highest BCUT2D eigenvalue weighted by atomic mass is 79.9. The molecule has 1 atom stereocenters. The molecule has 0 fully saturated rings. The maximum atomic E-state index is 12.1. The Morgan fingerprint density at radius 3 is 2.67 bits per heavy atom. The van der Waals surface area contributed by atoms with E-state index in [-0.39, 0.29) is 6.54 Å². The fourth-order valence-corrected chi connectivity index (χ4v) is 3.74. The van der Waals surface area contributed by atoms with E-state index >= 15 is 0 Å². The second-order valence-corrected chi connectivity index (χ2v) is 8.38. The molecule has 0 N–H and O–H groups in total. The van der Waals surface area contributed by atoms with Gasteiger partial charge in [0.15, 0.2) is 5.25 Å². The zero-order chi connectivity index (χ0) is 13.9. The van der Waals surface area contributed by atoms with Crippen molar-refractivity contribution in [3.05, 3.63) is 20.8 Å². The number of methoxy groups -OCH3 is 1. The van der Waals surface area contributed by atoms with Gasteiger partial charge in [0.05, 0.1) is 10.9 Å². The maximum Gasteiger partial charge on any atom is 0.325 e. The van der Waals surface area contributed by atoms with Gasteiger partial charge in [0, 0.05) is 13.6 Å². The molecule has 1 rings (SSSR count). The lowest BCUT2D eigenvalue weighted by atomic mass is 10.3. The first-order chi connectivity index (χ1) is 8.28. The molecule has 0 amide bonds. The van der Waals surface area contributed by atoms with Crippen LogP contribution in [0.5, 0.6) is 0 Å². The summed E-state index contributed by atoms with van der Waals surface area (Å²) < 4.78 is 30.7. The molecule has 0 radical (unpaired) electrons. The van der Waals surface area contributed by atoms with Crippen molar-refractivity contribution in [1.29, 1.82) is 0 Å². The monoisotopic (exact) mass is 355 g/mol. The van der Waals surface area contributed by atoms with Gasteiger partial charge in [-0.3, -0.25) is 4.79 Å². The summed E-state index contributed by atoms with van der Waals surface area (Å²) in [5, 5.41) is 0.661. The fourth-order valence-electron chi connectivity index (χ4n) is 1.33. The van der Waals surface area contributed by atoms with Crippen molar-refractivity contribution in [3.8, 4) is 0 Å². The quantitative estimate of drug-likeness (QED) is 0.756. The van der Waals surface area contributed by atoms with Crippen LogP contribution in [0.1, 0.15) is 12.5 Å². The molecule has 0 bridgehead atoms. The van der Waals surface area contributed by atoms with Crippen LogP contribution in [0.15, 0.2) is 15.2 Å². The largest absolute Gasteiger partial charge is 0.468 e. The number of carbonyl (C=O) groups is 1. The molecule has 18 heavy (non-hydrogen) atoms. The first kappa shape index (κ1) is 15.6. The first-order valence-corrected chi connectivity index (χ1v) is 8.22. The summed E-state index contributed by atoms with van der Waals surface area (Å²) >= 11 is 4.79. The number of thiophene rings is 1. The highest BCUT2D eigenvalue weighted by Crippen LogP contribution is 2.22. The van der Waals surface area contributed by atoms with Gasteiger partial charge in [0.1, 0.15) is 0 Å². The predicted octanol–water partition coefficient (Wildman–Crippen LogP) is 1.83. The number of halogens is 1. The number of carbonyl (C=O) groups excluding carboxylic acids is 1. The number of esters is 1. The molecule has 0 spiro atoms. The summed E-state index contributed by atoms with van der Waals surface area (Å²) in [6.45, 7) is 1.55. The fraction of sp³-hybridized carbons (Fsp3) is 0.500. The Balaban J connectivity index is 2.82. The van der Waals surface area contributed by atoms with Gasteiger partial charge >= 0.3 is 5.97 Å². The van der Waals surface area contributed by atoms with Crippen molar-refractivity contribution in [3.63, 3.8) is 0 Å². The van der Waals surface area contributed by atoms with Crippen molar-refractivity contribution < 1.29 is 17.9 Å². The van der Waals surface area contributed by atoms with Crippen molar-refractivity contribution >= 4 is 43.3 Å². The lowest BCUT2D eigenvalue weighted by Crippen LogP contribution is -2.39. The molecule has 1 heterocycles. The zero-order valence-electron chi connectivity index (χ0n) is 10.2. The number of sulfonamides is 1. The highest BCUT2D eigenvalue weighted by molar-refractivity contribution is 9.11. The molecule has 1 unspecified atom stereocenters. The van der Waals surface area contributed by atoms with Crippen LogP contribution >= 0.6 is 27.3 Å². The molecule has 1 aromatic heterocycles. The van der Waals surface area contributed by atoms with E-state index in [0.29, 0.717) is 0 Å². The second kappa shape index (κ2) is 6.14. The second-order valence-electron chi connectivity index (χ2n) is 3.73. The standard InChI is InChI=1S/C10H14BrNO4S2/c1-7(10(13)16-3)18(14,15)12(2)5-8-4-9(11)17-6-8/h4,6-7H,5H2,1-3H3. The third-order valence-electron chi connectivity index (χ3n) is 2.44. The van der Waals surface area contributed by atoms with Gasteiger partial charge in [-0.1, -0.05) is 0 Å². The van der Waals surface area contributed by atoms with Crippen LogP contribution in [0.3, 0.4) is 0 Å². The van der Waals surface area contributed by atoms with Crippen LogP contribution in [0.25, 0.3) is 0 Å². The van der Waals surface area contributed by atoms with E-state index in [1.165, 1.54) is 32.4 Å². The summed E-state index contributed by atoms with van der Waals surface area (Å²) in [6.07, 6.45) is 0. The smallest absolute Gasteiger partial charge is 0.325 e. The van der Waals surface area contributed by atoms with E-state index in [1.807, 2.05) is 11.4 Å². The van der Waals surface area contributed by atoms with E-state index in [4.69, 9.17) is 0 Å². The lowest BCUT2D eigenvalue weighted by Gasteiger charge is -2.20. The minimum Gasteiger partial charge on any atom is -0.468 e. The van der Waals surface area contributed by atoms with Gasteiger partial charge in [-0.25, -0.2) is 8.42 Å². The van der Waals surface area contributed by atoms with Gasteiger partial charge < -0.3 is 4.74 Å². The average molecular weight is 356 g/mol. The van der Waals surface area contributed by atoms with Gasteiger partial charge in [0.25, 0.3) is 0 Å². The average Bonchev–Trinajstić information content (AvgIpc) is 2.72. The third kappa shape index (κ3) is 3.53.